The molecular formula is C20H25N3O3. The minimum Gasteiger partial charge on any atom is -0.494 e. The van der Waals surface area contributed by atoms with Crippen molar-refractivity contribution >= 4 is 22.6 Å². The Bertz CT molecular complexity index is 823. The van der Waals surface area contributed by atoms with Gasteiger partial charge in [-0.15, -0.1) is 0 Å². The summed E-state index contributed by atoms with van der Waals surface area (Å²) >= 11 is 0. The van der Waals surface area contributed by atoms with Crippen LogP contribution in [0.5, 0.6) is 5.75 Å². The van der Waals surface area contributed by atoms with Crippen molar-refractivity contribution in [2.45, 2.75) is 19.3 Å². The number of pyridine rings is 1. The van der Waals surface area contributed by atoms with E-state index >= 15 is 0 Å². The summed E-state index contributed by atoms with van der Waals surface area (Å²) in [6.07, 6.45) is 2.76. The van der Waals surface area contributed by atoms with Gasteiger partial charge in [-0.05, 0) is 37.5 Å². The van der Waals surface area contributed by atoms with Crippen LogP contribution >= 0.6 is 0 Å². The van der Waals surface area contributed by atoms with Crippen LogP contribution in [0.4, 0.5) is 5.82 Å². The quantitative estimate of drug-likeness (QED) is 0.909. The smallest absolute Gasteiger partial charge is 0.230 e. The number of fused-ring (bicyclic) bond motifs is 1. The third-order valence-corrected chi connectivity index (χ3v) is 5.76. The van der Waals surface area contributed by atoms with Crippen molar-refractivity contribution in [3.63, 3.8) is 0 Å². The lowest BCUT2D eigenvalue weighted by Gasteiger charge is -2.39. The lowest BCUT2D eigenvalue weighted by Crippen LogP contribution is -2.50. The van der Waals surface area contributed by atoms with Crippen LogP contribution in [0.2, 0.25) is 0 Å². The standard InChI is InChI=1S/C20H25N3O3/c1-26-16-5-2-4-15-6-7-17(21-18(15)16)23-11-9-20(14-23)8-3-10-22(12-13-24)19(20)25/h2,4-7,24H,3,8-14H2,1H3. The van der Waals surface area contributed by atoms with Crippen molar-refractivity contribution in [3.8, 4) is 5.75 Å². The molecule has 2 aromatic rings. The van der Waals surface area contributed by atoms with Gasteiger partial charge in [-0.25, -0.2) is 4.98 Å². The molecule has 1 amide bonds. The Morgan fingerprint density at radius 2 is 2.12 bits per heavy atom. The van der Waals surface area contributed by atoms with Crippen LogP contribution in [0.15, 0.2) is 30.3 Å². The van der Waals surface area contributed by atoms with E-state index in [4.69, 9.17) is 9.72 Å². The lowest BCUT2D eigenvalue weighted by atomic mass is 9.78. The molecule has 6 nitrogen and oxygen atoms in total. The third kappa shape index (κ3) is 2.78. The second kappa shape index (κ2) is 6.76. The zero-order valence-electron chi connectivity index (χ0n) is 15.1. The molecule has 0 saturated carbocycles. The van der Waals surface area contributed by atoms with Crippen molar-refractivity contribution in [2.24, 2.45) is 5.41 Å². The van der Waals surface area contributed by atoms with Gasteiger partial charge in [-0.2, -0.15) is 0 Å². The van der Waals surface area contributed by atoms with Crippen molar-refractivity contribution in [3.05, 3.63) is 30.3 Å². The molecule has 2 fully saturated rings. The number of carbonyl (C=O) groups excluding carboxylic acids is 1. The molecule has 2 aliphatic rings. The SMILES string of the molecule is COc1cccc2ccc(N3CCC4(CCCN(CCO)C4=O)C3)nc12. The molecule has 1 atom stereocenters. The highest BCUT2D eigenvalue weighted by Crippen LogP contribution is 2.41. The number of para-hydroxylation sites is 1. The second-order valence-electron chi connectivity index (χ2n) is 7.27. The van der Waals surface area contributed by atoms with Gasteiger partial charge in [0.25, 0.3) is 0 Å². The van der Waals surface area contributed by atoms with Crippen LogP contribution in [0, 0.1) is 5.41 Å². The normalized spacial score (nSPS) is 23.2. The largest absolute Gasteiger partial charge is 0.494 e. The molecule has 2 saturated heterocycles. The highest BCUT2D eigenvalue weighted by atomic mass is 16.5. The van der Waals surface area contributed by atoms with Crippen LogP contribution in [-0.2, 0) is 4.79 Å². The predicted molar refractivity (Wildman–Crippen MR) is 100 cm³/mol. The molecule has 1 spiro atoms. The molecule has 2 aliphatic heterocycles. The molecule has 1 aromatic heterocycles. The average molecular weight is 355 g/mol. The molecular weight excluding hydrogens is 330 g/mol. The first-order chi connectivity index (χ1) is 12.7. The predicted octanol–water partition coefficient (Wildman–Crippen LogP) is 2.05. The van der Waals surface area contributed by atoms with Gasteiger partial charge in [0.1, 0.15) is 17.1 Å². The summed E-state index contributed by atoms with van der Waals surface area (Å²) in [6, 6.07) is 9.99. The van der Waals surface area contributed by atoms with Gasteiger partial charge in [0.15, 0.2) is 0 Å². The second-order valence-corrected chi connectivity index (χ2v) is 7.27. The molecule has 0 radical (unpaired) electrons. The molecule has 3 heterocycles. The summed E-state index contributed by atoms with van der Waals surface area (Å²) in [5.41, 5.74) is 0.524. The molecule has 26 heavy (non-hydrogen) atoms. The summed E-state index contributed by atoms with van der Waals surface area (Å²) < 4.78 is 5.45. The summed E-state index contributed by atoms with van der Waals surface area (Å²) in [6.45, 7) is 2.74. The molecule has 1 unspecified atom stereocenters. The summed E-state index contributed by atoms with van der Waals surface area (Å²) in [5.74, 6) is 1.85. The maximum absolute atomic E-state index is 13.0. The van der Waals surface area contributed by atoms with Gasteiger partial charge in [0.2, 0.25) is 5.91 Å². The fraction of sp³-hybridized carbons (Fsp3) is 0.500. The average Bonchev–Trinajstić information content (AvgIpc) is 3.10. The minimum absolute atomic E-state index is 0.0254. The zero-order valence-corrected chi connectivity index (χ0v) is 15.1. The van der Waals surface area contributed by atoms with Crippen molar-refractivity contribution in [1.29, 1.82) is 0 Å². The van der Waals surface area contributed by atoms with Crippen LogP contribution in [0.25, 0.3) is 10.9 Å². The van der Waals surface area contributed by atoms with Crippen LogP contribution in [0.1, 0.15) is 19.3 Å². The minimum atomic E-state index is -0.329. The first-order valence-electron chi connectivity index (χ1n) is 9.26. The van der Waals surface area contributed by atoms with E-state index in [0.717, 1.165) is 54.8 Å². The molecule has 6 heteroatoms. The highest BCUT2D eigenvalue weighted by molar-refractivity contribution is 5.87. The summed E-state index contributed by atoms with van der Waals surface area (Å²) in [4.78, 5) is 21.8. The number of hydrogen-bond donors (Lipinski definition) is 1. The number of nitrogens with zero attached hydrogens (tertiary/aromatic N) is 3. The number of ether oxygens (including phenoxy) is 1. The molecule has 1 aromatic carbocycles. The molecule has 4 rings (SSSR count). The van der Waals surface area contributed by atoms with Gasteiger partial charge >= 0.3 is 0 Å². The van der Waals surface area contributed by atoms with Crippen molar-refractivity contribution < 1.29 is 14.6 Å². The number of amides is 1. The van der Waals surface area contributed by atoms with E-state index in [1.807, 2.05) is 29.2 Å². The topological polar surface area (TPSA) is 65.9 Å². The van der Waals surface area contributed by atoms with E-state index in [0.29, 0.717) is 13.1 Å². The number of piperidine rings is 1. The van der Waals surface area contributed by atoms with E-state index < -0.39 is 0 Å². The number of carbonyl (C=O) groups is 1. The number of rotatable bonds is 4. The number of aliphatic hydroxyl groups excluding tert-OH is 1. The molecule has 1 N–H and O–H groups in total. The van der Waals surface area contributed by atoms with E-state index in [1.54, 1.807) is 7.11 Å². The Labute approximate surface area is 153 Å². The molecule has 138 valence electrons. The maximum atomic E-state index is 13.0. The van der Waals surface area contributed by atoms with Crippen molar-refractivity contribution in [1.82, 2.24) is 9.88 Å². The fourth-order valence-electron chi connectivity index (χ4n) is 4.38. The Morgan fingerprint density at radius 1 is 1.23 bits per heavy atom. The van der Waals surface area contributed by atoms with E-state index in [1.165, 1.54) is 0 Å². The van der Waals surface area contributed by atoms with E-state index in [2.05, 4.69) is 11.0 Å². The van der Waals surface area contributed by atoms with E-state index in [9.17, 15) is 9.90 Å². The highest BCUT2D eigenvalue weighted by Gasteiger charge is 2.48. The van der Waals surface area contributed by atoms with Crippen molar-refractivity contribution in [2.75, 3.05) is 44.8 Å². The molecule has 0 bridgehead atoms. The molecule has 0 aliphatic carbocycles. The fourth-order valence-corrected chi connectivity index (χ4v) is 4.38. The number of methoxy groups -OCH3 is 1. The first kappa shape index (κ1) is 17.1. The number of β-amino-alcohol motifs (C(OH)–C–C–N with tert-alkyl or cyclic N) is 1. The zero-order chi connectivity index (χ0) is 18.1. The maximum Gasteiger partial charge on any atom is 0.230 e. The monoisotopic (exact) mass is 355 g/mol. The Balaban J connectivity index is 1.60. The number of hydrogen-bond acceptors (Lipinski definition) is 5. The number of likely N-dealkylation sites (tertiary alicyclic amines) is 1. The number of aromatic nitrogens is 1. The summed E-state index contributed by atoms with van der Waals surface area (Å²) in [7, 11) is 1.66. The van der Waals surface area contributed by atoms with Gasteiger partial charge in [-0.3, -0.25) is 4.79 Å². The Hall–Kier alpha value is -2.34. The Morgan fingerprint density at radius 3 is 2.92 bits per heavy atom. The van der Waals surface area contributed by atoms with Gasteiger partial charge in [0, 0.05) is 31.6 Å². The Kier molecular flexibility index (Phi) is 4.44. The first-order valence-corrected chi connectivity index (χ1v) is 9.26. The van der Waals surface area contributed by atoms with Crippen LogP contribution in [-0.4, -0.2) is 60.8 Å². The number of anilines is 1. The summed E-state index contributed by atoms with van der Waals surface area (Å²) in [5, 5.41) is 10.3. The van der Waals surface area contributed by atoms with E-state index in [-0.39, 0.29) is 17.9 Å². The van der Waals surface area contributed by atoms with Gasteiger partial charge < -0.3 is 19.6 Å². The number of benzene rings is 1. The number of aliphatic hydroxyl groups is 1. The van der Waals surface area contributed by atoms with Gasteiger partial charge in [0.05, 0.1) is 19.1 Å². The van der Waals surface area contributed by atoms with Crippen LogP contribution in [0.3, 0.4) is 0 Å². The van der Waals surface area contributed by atoms with Crippen LogP contribution < -0.4 is 9.64 Å². The lowest BCUT2D eigenvalue weighted by molar-refractivity contribution is -0.145. The third-order valence-electron chi connectivity index (χ3n) is 5.76. The van der Waals surface area contributed by atoms with Gasteiger partial charge in [-0.1, -0.05) is 12.1 Å².